The van der Waals surface area contributed by atoms with E-state index in [2.05, 4.69) is 231 Å². The van der Waals surface area contributed by atoms with Gasteiger partial charge in [0, 0.05) is 22.5 Å². The van der Waals surface area contributed by atoms with Crippen LogP contribution in [0.25, 0.3) is 66.4 Å². The number of anilines is 3. The monoisotopic (exact) mass is 715 g/mol. The van der Waals surface area contributed by atoms with Crippen molar-refractivity contribution in [1.82, 2.24) is 0 Å². The average molecular weight is 716 g/mol. The van der Waals surface area contributed by atoms with Crippen LogP contribution in [0.2, 0.25) is 0 Å². The van der Waals surface area contributed by atoms with E-state index in [1.54, 1.807) is 0 Å². The molecule has 1 aliphatic carbocycles. The number of nitrogens with zero attached hydrogens (tertiary/aromatic N) is 1. The largest absolute Gasteiger partial charge is 0.310 e. The summed E-state index contributed by atoms with van der Waals surface area (Å²) in [6.45, 7) is 4.71. The second-order valence-corrected chi connectivity index (χ2v) is 15.3. The van der Waals surface area contributed by atoms with Gasteiger partial charge in [0.2, 0.25) is 0 Å². The Labute approximate surface area is 329 Å². The van der Waals surface area contributed by atoms with Gasteiger partial charge in [-0.1, -0.05) is 190 Å². The van der Waals surface area contributed by atoms with Crippen LogP contribution in [-0.2, 0) is 5.41 Å². The Kier molecular flexibility index (Phi) is 8.23. The van der Waals surface area contributed by atoms with Gasteiger partial charge >= 0.3 is 0 Å². The van der Waals surface area contributed by atoms with Crippen LogP contribution in [0.3, 0.4) is 0 Å². The summed E-state index contributed by atoms with van der Waals surface area (Å²) in [5.41, 5.74) is 18.4. The van der Waals surface area contributed by atoms with E-state index in [1.807, 2.05) is 0 Å². The van der Waals surface area contributed by atoms with Crippen molar-refractivity contribution in [3.05, 3.63) is 223 Å². The summed E-state index contributed by atoms with van der Waals surface area (Å²) in [6, 6.07) is 77.6. The lowest BCUT2D eigenvalue weighted by Crippen LogP contribution is -2.16. The third-order valence-electron chi connectivity index (χ3n) is 11.7. The molecule has 0 unspecified atom stereocenters. The van der Waals surface area contributed by atoms with Crippen LogP contribution in [0.1, 0.15) is 25.0 Å². The lowest BCUT2D eigenvalue weighted by Gasteiger charge is -2.28. The minimum absolute atomic E-state index is 0.100. The second-order valence-electron chi connectivity index (χ2n) is 15.3. The van der Waals surface area contributed by atoms with Gasteiger partial charge in [0.05, 0.1) is 0 Å². The Hall–Kier alpha value is -6.96. The normalized spacial score (nSPS) is 12.6. The zero-order chi connectivity index (χ0) is 37.6. The Balaban J connectivity index is 1.14. The van der Waals surface area contributed by atoms with Gasteiger partial charge in [-0.2, -0.15) is 0 Å². The van der Waals surface area contributed by atoms with Gasteiger partial charge in [-0.05, 0) is 114 Å². The van der Waals surface area contributed by atoms with Gasteiger partial charge in [0.25, 0.3) is 0 Å². The summed E-state index contributed by atoms with van der Waals surface area (Å²) in [4.78, 5) is 2.42. The highest BCUT2D eigenvalue weighted by Gasteiger charge is 2.35. The first-order chi connectivity index (χ1) is 27.5. The minimum Gasteiger partial charge on any atom is -0.310 e. The fourth-order valence-corrected chi connectivity index (χ4v) is 8.90. The molecule has 0 saturated carbocycles. The molecule has 9 aromatic carbocycles. The highest BCUT2D eigenvalue weighted by molar-refractivity contribution is 6.00. The Morgan fingerprint density at radius 1 is 0.304 bits per heavy atom. The predicted octanol–water partition coefficient (Wildman–Crippen LogP) is 15.3. The van der Waals surface area contributed by atoms with Gasteiger partial charge in [0.15, 0.2) is 0 Å². The van der Waals surface area contributed by atoms with Crippen LogP contribution in [-0.4, -0.2) is 0 Å². The lowest BCUT2D eigenvalue weighted by molar-refractivity contribution is 0.660. The topological polar surface area (TPSA) is 3.24 Å². The van der Waals surface area contributed by atoms with Crippen LogP contribution in [0.5, 0.6) is 0 Å². The molecule has 0 N–H and O–H groups in total. The standard InChI is InChI=1S/C55H41N/c1-55(2)52-27-14-13-23-49(52)50-35-34-45(37-53(50)55)56(44-33-28-38-16-9-10-21-42(38)36-44)43-31-29-41(30-32-43)48-26-15-25-47(40-19-7-4-8-20-40)54(48)51-24-12-11-22-46(51)39-17-5-3-6-18-39/h3-37H,1-2H3. The van der Waals surface area contributed by atoms with Crippen LogP contribution < -0.4 is 4.90 Å². The number of hydrogen-bond acceptors (Lipinski definition) is 1. The average Bonchev–Trinajstić information content (AvgIpc) is 3.49. The van der Waals surface area contributed by atoms with Gasteiger partial charge in [-0.25, -0.2) is 0 Å². The van der Waals surface area contributed by atoms with E-state index >= 15 is 0 Å². The fraction of sp³-hybridized carbons (Fsp3) is 0.0545. The van der Waals surface area contributed by atoms with Crippen molar-refractivity contribution >= 4 is 27.8 Å². The van der Waals surface area contributed by atoms with Crippen molar-refractivity contribution in [2.75, 3.05) is 4.90 Å². The summed E-state index contributed by atoms with van der Waals surface area (Å²) in [5, 5.41) is 2.46. The molecule has 1 heteroatoms. The van der Waals surface area contributed by atoms with Crippen LogP contribution in [0.4, 0.5) is 17.1 Å². The zero-order valence-electron chi connectivity index (χ0n) is 31.7. The highest BCUT2D eigenvalue weighted by Crippen LogP contribution is 2.51. The second kappa shape index (κ2) is 13.7. The fourth-order valence-electron chi connectivity index (χ4n) is 8.90. The number of fused-ring (bicyclic) bond motifs is 4. The maximum Gasteiger partial charge on any atom is 0.0468 e. The molecule has 1 nitrogen and oxygen atoms in total. The molecule has 0 fully saturated rings. The number of rotatable bonds is 7. The maximum absolute atomic E-state index is 2.42. The summed E-state index contributed by atoms with van der Waals surface area (Å²) in [5.74, 6) is 0. The predicted molar refractivity (Wildman–Crippen MR) is 238 cm³/mol. The molecule has 0 heterocycles. The third-order valence-corrected chi connectivity index (χ3v) is 11.7. The summed E-state index contributed by atoms with van der Waals surface area (Å²) >= 11 is 0. The van der Waals surface area contributed by atoms with Crippen molar-refractivity contribution in [3.8, 4) is 55.6 Å². The Morgan fingerprint density at radius 3 is 1.50 bits per heavy atom. The highest BCUT2D eigenvalue weighted by atomic mass is 15.1. The van der Waals surface area contributed by atoms with Crippen molar-refractivity contribution in [1.29, 1.82) is 0 Å². The first kappa shape index (κ1) is 33.6. The van der Waals surface area contributed by atoms with Gasteiger partial charge in [-0.15, -0.1) is 0 Å². The number of benzene rings is 9. The summed E-state index contributed by atoms with van der Waals surface area (Å²) < 4.78 is 0. The van der Waals surface area contributed by atoms with E-state index in [0.717, 1.165) is 17.1 Å². The molecule has 0 spiro atoms. The molecule has 1 aliphatic rings. The quantitative estimate of drug-likeness (QED) is 0.159. The molecule has 0 amide bonds. The molecule has 0 radical (unpaired) electrons. The Morgan fingerprint density at radius 2 is 0.786 bits per heavy atom. The molecule has 56 heavy (non-hydrogen) atoms. The Bertz CT molecular complexity index is 2870. The third kappa shape index (κ3) is 5.72. The molecule has 266 valence electrons. The van der Waals surface area contributed by atoms with E-state index in [-0.39, 0.29) is 5.41 Å². The van der Waals surface area contributed by atoms with Gasteiger partial charge in [-0.3, -0.25) is 0 Å². The van der Waals surface area contributed by atoms with Crippen LogP contribution in [0, 0.1) is 0 Å². The lowest BCUT2D eigenvalue weighted by atomic mass is 9.82. The first-order valence-electron chi connectivity index (χ1n) is 19.5. The van der Waals surface area contributed by atoms with Crippen molar-refractivity contribution in [2.24, 2.45) is 0 Å². The molecule has 0 saturated heterocycles. The smallest absolute Gasteiger partial charge is 0.0468 e. The molecule has 10 rings (SSSR count). The van der Waals surface area contributed by atoms with E-state index in [1.165, 1.54) is 77.5 Å². The molecular formula is C55H41N. The molecule has 0 atom stereocenters. The minimum atomic E-state index is -0.100. The van der Waals surface area contributed by atoms with Crippen LogP contribution in [0.15, 0.2) is 212 Å². The molecular weight excluding hydrogens is 675 g/mol. The molecule has 9 aromatic rings. The van der Waals surface area contributed by atoms with Gasteiger partial charge < -0.3 is 4.90 Å². The van der Waals surface area contributed by atoms with Crippen molar-refractivity contribution < 1.29 is 0 Å². The van der Waals surface area contributed by atoms with Gasteiger partial charge in [0.1, 0.15) is 0 Å². The van der Waals surface area contributed by atoms with E-state index < -0.39 is 0 Å². The molecule has 0 aliphatic heterocycles. The molecule has 0 aromatic heterocycles. The molecule has 0 bridgehead atoms. The first-order valence-corrected chi connectivity index (χ1v) is 19.5. The van der Waals surface area contributed by atoms with E-state index in [9.17, 15) is 0 Å². The maximum atomic E-state index is 2.42. The SMILES string of the molecule is CC1(C)c2ccccc2-c2ccc(N(c3ccc(-c4cccc(-c5ccccc5)c4-c4ccccc4-c4ccccc4)cc3)c3ccc4ccccc4c3)cc21. The number of hydrogen-bond donors (Lipinski definition) is 0. The summed E-state index contributed by atoms with van der Waals surface area (Å²) in [6.07, 6.45) is 0. The van der Waals surface area contributed by atoms with E-state index in [0.29, 0.717) is 0 Å². The van der Waals surface area contributed by atoms with Crippen molar-refractivity contribution in [3.63, 3.8) is 0 Å². The zero-order valence-corrected chi connectivity index (χ0v) is 31.7. The van der Waals surface area contributed by atoms with E-state index in [4.69, 9.17) is 0 Å². The van der Waals surface area contributed by atoms with Crippen molar-refractivity contribution in [2.45, 2.75) is 19.3 Å². The summed E-state index contributed by atoms with van der Waals surface area (Å²) in [7, 11) is 0. The van der Waals surface area contributed by atoms with Crippen LogP contribution >= 0.6 is 0 Å².